The van der Waals surface area contributed by atoms with Crippen LogP contribution in [-0.4, -0.2) is 50.0 Å². The van der Waals surface area contributed by atoms with Crippen molar-refractivity contribution in [1.29, 1.82) is 0 Å². The van der Waals surface area contributed by atoms with E-state index in [2.05, 4.69) is 15.4 Å². The van der Waals surface area contributed by atoms with E-state index in [1.807, 2.05) is 5.32 Å². The minimum atomic E-state index is -4.68. The number of carbonyl (C=O) groups is 2. The van der Waals surface area contributed by atoms with Crippen LogP contribution < -0.4 is 16.2 Å². The predicted molar refractivity (Wildman–Crippen MR) is 148 cm³/mol. The Hall–Kier alpha value is -4.88. The molecule has 1 amide bonds. The normalized spacial score (nSPS) is 13.0. The average molecular weight is 604 g/mol. The second kappa shape index (κ2) is 12.2. The van der Waals surface area contributed by atoms with E-state index in [1.54, 1.807) is 31.2 Å². The number of aliphatic carboxylic acids is 1. The van der Waals surface area contributed by atoms with Crippen molar-refractivity contribution in [3.63, 3.8) is 0 Å². The predicted octanol–water partition coefficient (Wildman–Crippen LogP) is 4.76. The number of halogens is 5. The lowest BCUT2D eigenvalue weighted by atomic mass is 9.96. The van der Waals surface area contributed by atoms with Crippen LogP contribution in [0.25, 0.3) is 22.2 Å². The molecule has 0 saturated heterocycles. The van der Waals surface area contributed by atoms with Gasteiger partial charge in [-0.25, -0.2) is 18.3 Å². The number of aromatic nitrogens is 3. The maximum atomic E-state index is 14.8. The molecule has 9 nitrogen and oxygen atoms in total. The quantitative estimate of drug-likeness (QED) is 0.236. The first-order valence-corrected chi connectivity index (χ1v) is 13.0. The number of hydrogen-bond acceptors (Lipinski definition) is 6. The SMILES string of the molecule is CCC(Nc1cc(F)c(C(=O)NC(Cc2ccc(-c3nn(C)c(=O)cc3C)c3ncccc23)C(=O)O)c(F)c1)C(F)(F)F. The summed E-state index contributed by atoms with van der Waals surface area (Å²) in [6.45, 7) is 2.95. The number of nitrogens with one attached hydrogen (secondary N) is 2. The molecule has 0 aliphatic rings. The number of aryl methyl sites for hydroxylation is 2. The van der Waals surface area contributed by atoms with Crippen molar-refractivity contribution in [2.45, 2.75) is 44.9 Å². The molecule has 2 heterocycles. The van der Waals surface area contributed by atoms with Gasteiger partial charge in [-0.15, -0.1) is 0 Å². The van der Waals surface area contributed by atoms with E-state index in [1.165, 1.54) is 30.9 Å². The van der Waals surface area contributed by atoms with Crippen molar-refractivity contribution >= 4 is 28.5 Å². The van der Waals surface area contributed by atoms with Crippen molar-refractivity contribution in [1.82, 2.24) is 20.1 Å². The molecule has 0 radical (unpaired) electrons. The van der Waals surface area contributed by atoms with E-state index < -0.39 is 59.4 Å². The van der Waals surface area contributed by atoms with Crippen molar-refractivity contribution in [3.8, 4) is 11.3 Å². The van der Waals surface area contributed by atoms with Crippen molar-refractivity contribution in [2.24, 2.45) is 7.05 Å². The Morgan fingerprint density at radius 2 is 1.77 bits per heavy atom. The van der Waals surface area contributed by atoms with Gasteiger partial charge in [0.25, 0.3) is 11.5 Å². The smallest absolute Gasteiger partial charge is 0.408 e. The first-order chi connectivity index (χ1) is 20.2. The number of anilines is 1. The van der Waals surface area contributed by atoms with Gasteiger partial charge in [0.2, 0.25) is 0 Å². The maximum absolute atomic E-state index is 14.8. The van der Waals surface area contributed by atoms with Crippen molar-refractivity contribution in [2.75, 3.05) is 5.32 Å². The summed E-state index contributed by atoms with van der Waals surface area (Å²) in [6, 6.07) is 5.30. The van der Waals surface area contributed by atoms with Gasteiger partial charge < -0.3 is 15.7 Å². The number of carbonyl (C=O) groups excluding carboxylic acids is 1. The Labute approximate surface area is 241 Å². The average Bonchev–Trinajstić information content (AvgIpc) is 2.92. The number of carboxylic acid groups (broad SMARTS) is 1. The van der Waals surface area contributed by atoms with Crippen LogP contribution in [0, 0.1) is 18.6 Å². The molecule has 0 saturated carbocycles. The summed E-state index contributed by atoms with van der Waals surface area (Å²) in [7, 11) is 1.50. The van der Waals surface area contributed by atoms with Gasteiger partial charge in [-0.3, -0.25) is 14.6 Å². The summed E-state index contributed by atoms with van der Waals surface area (Å²) in [5, 5.41) is 18.8. The van der Waals surface area contributed by atoms with Crippen molar-refractivity contribution < 1.29 is 36.6 Å². The molecular formula is C29H26F5N5O4. The summed E-state index contributed by atoms with van der Waals surface area (Å²) in [4.78, 5) is 41.3. The maximum Gasteiger partial charge on any atom is 0.408 e. The Morgan fingerprint density at radius 3 is 2.37 bits per heavy atom. The molecule has 14 heteroatoms. The van der Waals surface area contributed by atoms with Crippen LogP contribution in [0.2, 0.25) is 0 Å². The second-order valence-corrected chi connectivity index (χ2v) is 9.84. The topological polar surface area (TPSA) is 126 Å². The molecule has 226 valence electrons. The monoisotopic (exact) mass is 603 g/mol. The number of hydrogen-bond donors (Lipinski definition) is 3. The van der Waals surface area contributed by atoms with Gasteiger partial charge in [0.15, 0.2) is 0 Å². The number of carboxylic acids is 1. The van der Waals surface area contributed by atoms with E-state index in [4.69, 9.17) is 0 Å². The zero-order valence-corrected chi connectivity index (χ0v) is 23.1. The standard InChI is InChI=1S/C29H26F5N5O4/c1-4-22(29(32,33)34)36-16-12-19(30)24(20(31)13-16)27(41)37-21(28(42)43)11-15-7-8-18(26-17(15)6-5-9-35-26)25-14(2)10-23(40)39(3)38-25/h5-10,12-13,21-22,36H,4,11H2,1-3H3,(H,37,41)(H,42,43). The molecule has 4 aromatic rings. The molecule has 0 spiro atoms. The molecule has 0 aliphatic heterocycles. The third kappa shape index (κ3) is 6.63. The molecule has 0 bridgehead atoms. The number of alkyl halides is 3. The molecule has 2 unspecified atom stereocenters. The van der Waals surface area contributed by atoms with Gasteiger partial charge in [0.1, 0.15) is 29.3 Å². The van der Waals surface area contributed by atoms with E-state index in [-0.39, 0.29) is 12.0 Å². The van der Waals surface area contributed by atoms with Gasteiger partial charge in [0.05, 0.1) is 11.2 Å². The fraction of sp³-hybridized carbons (Fsp3) is 0.276. The van der Waals surface area contributed by atoms with Crippen LogP contribution in [0.15, 0.2) is 53.5 Å². The van der Waals surface area contributed by atoms with Crippen molar-refractivity contribution in [3.05, 3.63) is 87.3 Å². The molecule has 0 fully saturated rings. The number of rotatable bonds is 9. The zero-order chi connectivity index (χ0) is 31.6. The number of benzene rings is 2. The molecule has 2 aromatic heterocycles. The summed E-state index contributed by atoms with van der Waals surface area (Å²) in [5.74, 6) is -5.85. The Kier molecular flexibility index (Phi) is 8.78. The molecule has 43 heavy (non-hydrogen) atoms. The van der Waals surface area contributed by atoms with Gasteiger partial charge in [-0.2, -0.15) is 18.3 Å². The van der Waals surface area contributed by atoms with Crippen LogP contribution in [0.3, 0.4) is 0 Å². The summed E-state index contributed by atoms with van der Waals surface area (Å²) < 4.78 is 70.0. The van der Waals surface area contributed by atoms with Gasteiger partial charge in [-0.1, -0.05) is 25.1 Å². The highest BCUT2D eigenvalue weighted by atomic mass is 19.4. The molecule has 4 rings (SSSR count). The van der Waals surface area contributed by atoms with Crippen LogP contribution in [0.5, 0.6) is 0 Å². The lowest BCUT2D eigenvalue weighted by molar-refractivity contribution is -0.143. The second-order valence-electron chi connectivity index (χ2n) is 9.84. The minimum Gasteiger partial charge on any atom is -0.480 e. The first kappa shape index (κ1) is 31.1. The van der Waals surface area contributed by atoms with E-state index >= 15 is 0 Å². The third-order valence-electron chi connectivity index (χ3n) is 6.84. The molecule has 0 aliphatic carbocycles. The summed E-state index contributed by atoms with van der Waals surface area (Å²) in [5.41, 5.74) is 0.520. The van der Waals surface area contributed by atoms with E-state index in [0.29, 0.717) is 45.4 Å². The van der Waals surface area contributed by atoms with Crippen LogP contribution in [0.1, 0.15) is 34.8 Å². The first-order valence-electron chi connectivity index (χ1n) is 13.0. The number of nitrogens with zero attached hydrogens (tertiary/aromatic N) is 3. The number of amides is 1. The molecular weight excluding hydrogens is 577 g/mol. The number of fused-ring (bicyclic) bond motifs is 1. The highest BCUT2D eigenvalue weighted by Crippen LogP contribution is 2.31. The van der Waals surface area contributed by atoms with E-state index in [9.17, 15) is 41.4 Å². The third-order valence-corrected chi connectivity index (χ3v) is 6.84. The largest absolute Gasteiger partial charge is 0.480 e. The van der Waals surface area contributed by atoms with Gasteiger partial charge in [0, 0.05) is 42.4 Å². The molecule has 2 aromatic carbocycles. The number of pyridine rings is 1. The van der Waals surface area contributed by atoms with Gasteiger partial charge in [-0.05, 0) is 42.7 Å². The highest BCUT2D eigenvalue weighted by molar-refractivity contribution is 5.98. The van der Waals surface area contributed by atoms with Crippen LogP contribution in [-0.2, 0) is 18.3 Å². The summed E-state index contributed by atoms with van der Waals surface area (Å²) >= 11 is 0. The fourth-order valence-electron chi connectivity index (χ4n) is 4.63. The Morgan fingerprint density at radius 1 is 1.09 bits per heavy atom. The Balaban J connectivity index is 1.63. The molecule has 3 N–H and O–H groups in total. The van der Waals surface area contributed by atoms with Gasteiger partial charge >= 0.3 is 12.1 Å². The van der Waals surface area contributed by atoms with Crippen LogP contribution >= 0.6 is 0 Å². The molecule has 2 atom stereocenters. The lowest BCUT2D eigenvalue weighted by Crippen LogP contribution is -2.43. The van der Waals surface area contributed by atoms with E-state index in [0.717, 1.165) is 0 Å². The highest BCUT2D eigenvalue weighted by Gasteiger charge is 2.38. The fourth-order valence-corrected chi connectivity index (χ4v) is 4.63. The zero-order valence-electron chi connectivity index (χ0n) is 23.1. The minimum absolute atomic E-state index is 0.305. The lowest BCUT2D eigenvalue weighted by Gasteiger charge is -2.22. The van der Waals surface area contributed by atoms with Crippen LogP contribution in [0.4, 0.5) is 27.6 Å². The summed E-state index contributed by atoms with van der Waals surface area (Å²) in [6.07, 6.45) is -3.89. The Bertz CT molecular complexity index is 1750.